The molecule has 0 bridgehead atoms. The number of primary amides is 1. The summed E-state index contributed by atoms with van der Waals surface area (Å²) >= 11 is 3.15. The van der Waals surface area contributed by atoms with Gasteiger partial charge in [0.2, 0.25) is 0 Å². The van der Waals surface area contributed by atoms with E-state index in [1.165, 1.54) is 18.3 Å². The number of nitrogens with zero attached hydrogens (tertiary/aromatic N) is 1. The van der Waals surface area contributed by atoms with E-state index in [2.05, 4.69) is 26.2 Å². The van der Waals surface area contributed by atoms with Crippen molar-refractivity contribution in [3.05, 3.63) is 58.1 Å². The first-order chi connectivity index (χ1) is 9.49. The van der Waals surface area contributed by atoms with Gasteiger partial charge in [-0.1, -0.05) is 0 Å². The van der Waals surface area contributed by atoms with Crippen molar-refractivity contribution in [2.75, 3.05) is 5.32 Å². The molecular weight excluding hydrogens is 329 g/mol. The minimum absolute atomic E-state index is 0.265. The maximum Gasteiger partial charge on any atom is 0.258 e. The Labute approximate surface area is 122 Å². The Morgan fingerprint density at radius 3 is 2.65 bits per heavy atom. The number of amides is 2. The van der Waals surface area contributed by atoms with E-state index >= 15 is 0 Å². The summed E-state index contributed by atoms with van der Waals surface area (Å²) in [5.74, 6) is -2.08. The van der Waals surface area contributed by atoms with Gasteiger partial charge in [0.05, 0.1) is 11.1 Å². The Bertz CT molecular complexity index is 691. The molecule has 1 aromatic carbocycles. The Morgan fingerprint density at radius 2 is 2.00 bits per heavy atom. The highest BCUT2D eigenvalue weighted by atomic mass is 79.9. The van der Waals surface area contributed by atoms with Gasteiger partial charge < -0.3 is 11.1 Å². The van der Waals surface area contributed by atoms with Gasteiger partial charge >= 0.3 is 0 Å². The van der Waals surface area contributed by atoms with E-state index in [4.69, 9.17) is 5.73 Å². The Hall–Kier alpha value is -2.28. The molecule has 2 aromatic rings. The summed E-state index contributed by atoms with van der Waals surface area (Å²) in [4.78, 5) is 27.0. The van der Waals surface area contributed by atoms with Crippen molar-refractivity contribution < 1.29 is 14.0 Å². The van der Waals surface area contributed by atoms with Crippen molar-refractivity contribution in [3.8, 4) is 0 Å². The number of carbonyl (C=O) groups excluding carboxylic acids is 2. The normalized spacial score (nSPS) is 10.1. The third kappa shape index (κ3) is 3.00. The summed E-state index contributed by atoms with van der Waals surface area (Å²) in [6, 6.07) is 6.77. The van der Waals surface area contributed by atoms with E-state index in [1.807, 2.05) is 0 Å². The number of anilines is 1. The summed E-state index contributed by atoms with van der Waals surface area (Å²) in [6.07, 6.45) is 1.53. The number of aromatic nitrogens is 1. The van der Waals surface area contributed by atoms with Gasteiger partial charge in [-0.3, -0.25) is 9.59 Å². The van der Waals surface area contributed by atoms with Gasteiger partial charge in [-0.15, -0.1) is 0 Å². The molecule has 0 spiro atoms. The summed E-state index contributed by atoms with van der Waals surface area (Å²) in [7, 11) is 0. The van der Waals surface area contributed by atoms with Crippen LogP contribution in [0.1, 0.15) is 20.7 Å². The number of nitrogens with two attached hydrogens (primary N) is 1. The lowest BCUT2D eigenvalue weighted by molar-refractivity contribution is 0.0992. The zero-order valence-corrected chi connectivity index (χ0v) is 11.6. The van der Waals surface area contributed by atoms with Gasteiger partial charge in [0.1, 0.15) is 10.4 Å². The number of nitrogens with one attached hydrogen (secondary N) is 1. The molecule has 0 atom stereocenters. The van der Waals surface area contributed by atoms with Crippen molar-refractivity contribution in [1.82, 2.24) is 4.98 Å². The van der Waals surface area contributed by atoms with Crippen molar-refractivity contribution >= 4 is 33.4 Å². The van der Waals surface area contributed by atoms with E-state index in [9.17, 15) is 14.0 Å². The number of carbonyl (C=O) groups is 2. The fourth-order valence-corrected chi connectivity index (χ4v) is 1.98. The van der Waals surface area contributed by atoms with Gasteiger partial charge in [-0.25, -0.2) is 9.37 Å². The number of pyridine rings is 1. The number of halogens is 2. The van der Waals surface area contributed by atoms with E-state index in [0.29, 0.717) is 10.2 Å². The monoisotopic (exact) mass is 337 g/mol. The molecule has 2 amide bonds. The van der Waals surface area contributed by atoms with Gasteiger partial charge in [-0.2, -0.15) is 0 Å². The highest BCUT2D eigenvalue weighted by molar-refractivity contribution is 9.10. The summed E-state index contributed by atoms with van der Waals surface area (Å²) < 4.78 is 13.7. The Kier molecular flexibility index (Phi) is 4.09. The standard InChI is InChI=1S/C13H9BrFN3O2/c14-11-8(2-1-5-17-11)13(20)18-7-3-4-10(15)9(6-7)12(16)19/h1-6H,(H2,16,19)(H,18,20). The van der Waals surface area contributed by atoms with Crippen molar-refractivity contribution in [1.29, 1.82) is 0 Å². The van der Waals surface area contributed by atoms with E-state index in [0.717, 1.165) is 6.07 Å². The largest absolute Gasteiger partial charge is 0.366 e. The molecule has 0 aliphatic heterocycles. The van der Waals surface area contributed by atoms with Crippen LogP contribution in [0.5, 0.6) is 0 Å². The average Bonchev–Trinajstić information content (AvgIpc) is 2.41. The smallest absolute Gasteiger partial charge is 0.258 e. The molecule has 0 fully saturated rings. The number of benzene rings is 1. The third-order valence-corrected chi connectivity index (χ3v) is 3.13. The second-order valence-corrected chi connectivity index (χ2v) is 4.61. The molecule has 1 heterocycles. The molecule has 0 saturated heterocycles. The minimum Gasteiger partial charge on any atom is -0.366 e. The van der Waals surface area contributed by atoms with Crippen LogP contribution in [-0.4, -0.2) is 16.8 Å². The predicted octanol–water partition coefficient (Wildman–Crippen LogP) is 2.33. The van der Waals surface area contributed by atoms with Crippen molar-refractivity contribution in [3.63, 3.8) is 0 Å². The highest BCUT2D eigenvalue weighted by Gasteiger charge is 2.13. The van der Waals surface area contributed by atoms with Crippen LogP contribution in [0.2, 0.25) is 0 Å². The van der Waals surface area contributed by atoms with Crippen LogP contribution in [0.15, 0.2) is 41.1 Å². The number of rotatable bonds is 3. The zero-order valence-electron chi connectivity index (χ0n) is 10.1. The Balaban J connectivity index is 2.27. The third-order valence-electron chi connectivity index (χ3n) is 2.49. The molecule has 7 heteroatoms. The number of hydrogen-bond acceptors (Lipinski definition) is 3. The molecule has 0 aliphatic carbocycles. The van der Waals surface area contributed by atoms with Crippen molar-refractivity contribution in [2.24, 2.45) is 5.73 Å². The Morgan fingerprint density at radius 1 is 1.25 bits per heavy atom. The van der Waals surface area contributed by atoms with Crippen LogP contribution < -0.4 is 11.1 Å². The first-order valence-corrected chi connectivity index (χ1v) is 6.29. The van der Waals surface area contributed by atoms with Gasteiger partial charge in [0, 0.05) is 11.9 Å². The van der Waals surface area contributed by atoms with E-state index in [1.54, 1.807) is 12.1 Å². The molecule has 2 rings (SSSR count). The fourth-order valence-electron chi connectivity index (χ4n) is 1.55. The van der Waals surface area contributed by atoms with E-state index in [-0.39, 0.29) is 11.3 Å². The molecular formula is C13H9BrFN3O2. The summed E-state index contributed by atoms with van der Waals surface area (Å²) in [5, 5.41) is 2.54. The maximum atomic E-state index is 13.3. The topological polar surface area (TPSA) is 85.1 Å². The van der Waals surface area contributed by atoms with Crippen LogP contribution in [0, 0.1) is 5.82 Å². The SMILES string of the molecule is NC(=O)c1cc(NC(=O)c2cccnc2Br)ccc1F. The minimum atomic E-state index is -0.902. The van der Waals surface area contributed by atoms with Gasteiger partial charge in [0.15, 0.2) is 0 Å². The summed E-state index contributed by atoms with van der Waals surface area (Å²) in [5.41, 5.74) is 5.34. The second kappa shape index (κ2) is 5.79. The molecule has 0 saturated carbocycles. The highest BCUT2D eigenvalue weighted by Crippen LogP contribution is 2.18. The molecule has 0 radical (unpaired) electrons. The lowest BCUT2D eigenvalue weighted by atomic mass is 10.1. The second-order valence-electron chi connectivity index (χ2n) is 3.85. The van der Waals surface area contributed by atoms with Gasteiger partial charge in [0.25, 0.3) is 11.8 Å². The van der Waals surface area contributed by atoms with Gasteiger partial charge in [-0.05, 0) is 46.3 Å². The lowest BCUT2D eigenvalue weighted by Gasteiger charge is -2.07. The van der Waals surface area contributed by atoms with E-state index < -0.39 is 17.6 Å². The fraction of sp³-hybridized carbons (Fsp3) is 0. The molecule has 0 unspecified atom stereocenters. The molecule has 20 heavy (non-hydrogen) atoms. The van der Waals surface area contributed by atoms with Crippen LogP contribution in [0.25, 0.3) is 0 Å². The molecule has 5 nitrogen and oxygen atoms in total. The summed E-state index contributed by atoms with van der Waals surface area (Å²) in [6.45, 7) is 0. The van der Waals surface area contributed by atoms with Crippen LogP contribution in [-0.2, 0) is 0 Å². The maximum absolute atomic E-state index is 13.3. The quantitative estimate of drug-likeness (QED) is 0.843. The predicted molar refractivity (Wildman–Crippen MR) is 74.8 cm³/mol. The van der Waals surface area contributed by atoms with Crippen molar-refractivity contribution in [2.45, 2.75) is 0 Å². The lowest BCUT2D eigenvalue weighted by Crippen LogP contribution is -2.16. The van der Waals surface area contributed by atoms with Crippen LogP contribution in [0.4, 0.5) is 10.1 Å². The van der Waals surface area contributed by atoms with Crippen LogP contribution >= 0.6 is 15.9 Å². The molecule has 3 N–H and O–H groups in total. The first kappa shape index (κ1) is 14.1. The van der Waals surface area contributed by atoms with Crippen LogP contribution in [0.3, 0.4) is 0 Å². The number of hydrogen-bond donors (Lipinski definition) is 2. The molecule has 102 valence electrons. The average molecular weight is 338 g/mol. The zero-order chi connectivity index (χ0) is 14.7. The first-order valence-electron chi connectivity index (χ1n) is 5.50. The molecule has 1 aromatic heterocycles. The molecule has 0 aliphatic rings.